The van der Waals surface area contributed by atoms with E-state index in [4.69, 9.17) is 0 Å². The fourth-order valence-corrected chi connectivity index (χ4v) is 3.14. The van der Waals surface area contributed by atoms with Crippen molar-refractivity contribution in [2.45, 2.75) is 38.6 Å². The lowest BCUT2D eigenvalue weighted by atomic mass is 9.86. The van der Waals surface area contributed by atoms with Crippen LogP contribution in [0.5, 0.6) is 0 Å². The van der Waals surface area contributed by atoms with E-state index in [0.717, 1.165) is 35.5 Å². The quantitative estimate of drug-likeness (QED) is 0.937. The molecule has 0 radical (unpaired) electrons. The van der Waals surface area contributed by atoms with Crippen molar-refractivity contribution in [1.29, 1.82) is 0 Å². The van der Waals surface area contributed by atoms with Crippen LogP contribution < -0.4 is 5.32 Å². The maximum Gasteiger partial charge on any atom is 0.229 e. The van der Waals surface area contributed by atoms with Gasteiger partial charge < -0.3 is 5.32 Å². The van der Waals surface area contributed by atoms with E-state index in [1.807, 2.05) is 13.0 Å². The van der Waals surface area contributed by atoms with Crippen molar-refractivity contribution in [3.63, 3.8) is 0 Å². The van der Waals surface area contributed by atoms with Crippen molar-refractivity contribution in [3.05, 3.63) is 40.2 Å². The summed E-state index contributed by atoms with van der Waals surface area (Å²) >= 11 is 1.33. The van der Waals surface area contributed by atoms with Gasteiger partial charge in [-0.25, -0.2) is 0 Å². The summed E-state index contributed by atoms with van der Waals surface area (Å²) in [5.74, 6) is -0.0708. The fraction of sp³-hybridized carbons (Fsp3) is 0.429. The zero-order valence-electron chi connectivity index (χ0n) is 11.3. The van der Waals surface area contributed by atoms with Crippen LogP contribution in [0.3, 0.4) is 0 Å². The topological polar surface area (TPSA) is 67.8 Å². The molecule has 104 valence electrons. The Balaban J connectivity index is 1.71. The molecule has 0 aromatic carbocycles. The third-order valence-corrected chi connectivity index (χ3v) is 4.50. The van der Waals surface area contributed by atoms with Gasteiger partial charge in [-0.1, -0.05) is 10.6 Å². The first-order chi connectivity index (χ1) is 9.75. The van der Waals surface area contributed by atoms with Crippen LogP contribution in [0.25, 0.3) is 0 Å². The van der Waals surface area contributed by atoms with E-state index < -0.39 is 0 Å². The Bertz CT molecular complexity index is 625. The van der Waals surface area contributed by atoms with Gasteiger partial charge in [0.25, 0.3) is 0 Å². The first kappa shape index (κ1) is 13.2. The minimum absolute atomic E-state index is 0.0532. The number of hydrogen-bond donors (Lipinski definition) is 1. The molecule has 2 heterocycles. The number of fused-ring (bicyclic) bond motifs is 1. The fourth-order valence-electron chi connectivity index (χ4n) is 2.57. The standard InChI is InChI=1S/C14H16N4OS/c1-9-12(20-18-17-9)8-16-14(19)11-6-2-4-10-5-3-7-15-13(10)11/h3,5,7,11H,2,4,6,8H2,1H3,(H,16,19). The largest absolute Gasteiger partial charge is 0.350 e. The van der Waals surface area contributed by atoms with Gasteiger partial charge in [-0.2, -0.15) is 0 Å². The van der Waals surface area contributed by atoms with E-state index in [1.54, 1.807) is 6.20 Å². The van der Waals surface area contributed by atoms with Crippen LogP contribution in [0.2, 0.25) is 0 Å². The lowest BCUT2D eigenvalue weighted by Crippen LogP contribution is -2.31. The Kier molecular flexibility index (Phi) is 3.73. The van der Waals surface area contributed by atoms with Crippen LogP contribution in [-0.2, 0) is 17.8 Å². The van der Waals surface area contributed by atoms with Gasteiger partial charge in [0, 0.05) is 6.20 Å². The molecule has 0 spiro atoms. The minimum atomic E-state index is -0.124. The highest BCUT2D eigenvalue weighted by molar-refractivity contribution is 7.05. The molecule has 1 aliphatic rings. The molecular weight excluding hydrogens is 272 g/mol. The molecule has 6 heteroatoms. The predicted molar refractivity (Wildman–Crippen MR) is 76.4 cm³/mol. The number of amides is 1. The molecule has 1 unspecified atom stereocenters. The molecule has 1 N–H and O–H groups in total. The molecule has 1 amide bonds. The maximum atomic E-state index is 12.4. The minimum Gasteiger partial charge on any atom is -0.350 e. The predicted octanol–water partition coefficient (Wildman–Crippen LogP) is 1.98. The Morgan fingerprint density at radius 3 is 3.25 bits per heavy atom. The lowest BCUT2D eigenvalue weighted by molar-refractivity contribution is -0.123. The van der Waals surface area contributed by atoms with Crippen molar-refractivity contribution in [1.82, 2.24) is 19.9 Å². The van der Waals surface area contributed by atoms with Crippen molar-refractivity contribution in [3.8, 4) is 0 Å². The smallest absolute Gasteiger partial charge is 0.229 e. The van der Waals surface area contributed by atoms with Crippen LogP contribution >= 0.6 is 11.5 Å². The highest BCUT2D eigenvalue weighted by Gasteiger charge is 2.27. The van der Waals surface area contributed by atoms with Crippen molar-refractivity contribution >= 4 is 17.4 Å². The Labute approximate surface area is 121 Å². The second-order valence-corrected chi connectivity index (χ2v) is 5.83. The molecular formula is C14H16N4OS. The Hall–Kier alpha value is -1.82. The normalized spacial score (nSPS) is 17.6. The summed E-state index contributed by atoms with van der Waals surface area (Å²) < 4.78 is 3.88. The van der Waals surface area contributed by atoms with Crippen molar-refractivity contribution in [2.75, 3.05) is 0 Å². The number of aromatic nitrogens is 3. The summed E-state index contributed by atoms with van der Waals surface area (Å²) in [6, 6.07) is 4.00. The molecule has 0 saturated heterocycles. The molecule has 2 aromatic rings. The first-order valence-electron chi connectivity index (χ1n) is 6.75. The summed E-state index contributed by atoms with van der Waals surface area (Å²) in [6.45, 7) is 2.41. The number of nitrogens with one attached hydrogen (secondary N) is 1. The molecule has 20 heavy (non-hydrogen) atoms. The first-order valence-corrected chi connectivity index (χ1v) is 7.52. The van der Waals surface area contributed by atoms with Crippen molar-refractivity contribution < 1.29 is 4.79 Å². The zero-order valence-corrected chi connectivity index (χ0v) is 12.1. The van der Waals surface area contributed by atoms with Crippen molar-refractivity contribution in [2.24, 2.45) is 0 Å². The number of carbonyl (C=O) groups excluding carboxylic acids is 1. The van der Waals surface area contributed by atoms with Crippen LogP contribution in [-0.4, -0.2) is 20.5 Å². The second kappa shape index (κ2) is 5.66. The summed E-state index contributed by atoms with van der Waals surface area (Å²) in [4.78, 5) is 17.8. The highest BCUT2D eigenvalue weighted by atomic mass is 32.1. The van der Waals surface area contributed by atoms with Crippen LogP contribution in [0.4, 0.5) is 0 Å². The SMILES string of the molecule is Cc1nnsc1CNC(=O)C1CCCc2cccnc21. The maximum absolute atomic E-state index is 12.4. The van der Waals surface area contributed by atoms with E-state index in [1.165, 1.54) is 17.1 Å². The Morgan fingerprint density at radius 2 is 2.45 bits per heavy atom. The number of aryl methyl sites for hydroxylation is 2. The number of hydrogen-bond acceptors (Lipinski definition) is 5. The van der Waals surface area contributed by atoms with E-state index in [0.29, 0.717) is 6.54 Å². The number of carbonyl (C=O) groups is 1. The van der Waals surface area contributed by atoms with Gasteiger partial charge in [0.2, 0.25) is 5.91 Å². The zero-order chi connectivity index (χ0) is 13.9. The third kappa shape index (κ3) is 2.56. The molecule has 1 aliphatic carbocycles. The van der Waals surface area contributed by atoms with Gasteiger partial charge >= 0.3 is 0 Å². The third-order valence-electron chi connectivity index (χ3n) is 3.68. The average Bonchev–Trinajstić information content (AvgIpc) is 2.89. The lowest BCUT2D eigenvalue weighted by Gasteiger charge is -2.23. The van der Waals surface area contributed by atoms with E-state index in [-0.39, 0.29) is 11.8 Å². The average molecular weight is 288 g/mol. The van der Waals surface area contributed by atoms with Gasteiger partial charge in [-0.3, -0.25) is 9.78 Å². The number of nitrogens with zero attached hydrogens (tertiary/aromatic N) is 3. The van der Waals surface area contributed by atoms with Gasteiger partial charge in [0.05, 0.1) is 28.7 Å². The van der Waals surface area contributed by atoms with Crippen LogP contribution in [0, 0.1) is 6.92 Å². The summed E-state index contributed by atoms with van der Waals surface area (Å²) in [5, 5.41) is 6.94. The van der Waals surface area contributed by atoms with Gasteiger partial charge in [0.1, 0.15) is 0 Å². The Morgan fingerprint density at radius 1 is 1.55 bits per heavy atom. The second-order valence-electron chi connectivity index (χ2n) is 4.99. The monoisotopic (exact) mass is 288 g/mol. The van der Waals surface area contributed by atoms with Gasteiger partial charge in [-0.15, -0.1) is 5.10 Å². The van der Waals surface area contributed by atoms with Crippen LogP contribution in [0.15, 0.2) is 18.3 Å². The molecule has 3 rings (SSSR count). The molecule has 5 nitrogen and oxygen atoms in total. The van der Waals surface area contributed by atoms with E-state index >= 15 is 0 Å². The van der Waals surface area contributed by atoms with E-state index in [2.05, 4.69) is 26.0 Å². The number of rotatable bonds is 3. The molecule has 2 aromatic heterocycles. The molecule has 0 saturated carbocycles. The van der Waals surface area contributed by atoms with Crippen LogP contribution in [0.1, 0.15) is 40.6 Å². The van der Waals surface area contributed by atoms with E-state index in [9.17, 15) is 4.79 Å². The highest BCUT2D eigenvalue weighted by Crippen LogP contribution is 2.29. The summed E-state index contributed by atoms with van der Waals surface area (Å²) in [6.07, 6.45) is 4.69. The molecule has 1 atom stereocenters. The number of pyridine rings is 1. The molecule has 0 aliphatic heterocycles. The van der Waals surface area contributed by atoms with Gasteiger partial charge in [0.15, 0.2) is 0 Å². The molecule has 0 fully saturated rings. The molecule has 0 bridgehead atoms. The summed E-state index contributed by atoms with van der Waals surface area (Å²) in [7, 11) is 0. The summed E-state index contributed by atoms with van der Waals surface area (Å²) in [5.41, 5.74) is 3.03. The van der Waals surface area contributed by atoms with Gasteiger partial charge in [-0.05, 0) is 49.3 Å².